The maximum absolute atomic E-state index is 12.7. The fourth-order valence-electron chi connectivity index (χ4n) is 2.75. The van der Waals surface area contributed by atoms with Gasteiger partial charge >= 0.3 is 6.18 Å². The molecule has 0 radical (unpaired) electrons. The number of hydrogen-bond donors (Lipinski definition) is 0. The van der Waals surface area contributed by atoms with E-state index in [0.29, 0.717) is 50.3 Å². The van der Waals surface area contributed by atoms with Gasteiger partial charge in [-0.25, -0.2) is 4.98 Å². The molecule has 1 fully saturated rings. The number of piperazine rings is 1. The van der Waals surface area contributed by atoms with Crippen LogP contribution in [0.1, 0.15) is 38.0 Å². The Labute approximate surface area is 160 Å². The molecule has 2 aromatic heterocycles. The second-order valence-electron chi connectivity index (χ2n) is 7.55. The summed E-state index contributed by atoms with van der Waals surface area (Å²) in [7, 11) is 0. The lowest BCUT2D eigenvalue weighted by Crippen LogP contribution is -2.46. The third kappa shape index (κ3) is 4.70. The number of halogens is 4. The zero-order valence-electron chi connectivity index (χ0n) is 15.3. The van der Waals surface area contributed by atoms with Crippen LogP contribution in [0.15, 0.2) is 16.8 Å². The van der Waals surface area contributed by atoms with Crippen molar-refractivity contribution in [2.75, 3.05) is 31.1 Å². The number of rotatable bonds is 3. The van der Waals surface area contributed by atoms with Gasteiger partial charge in [0.1, 0.15) is 5.82 Å². The molecule has 2 aromatic rings. The Morgan fingerprint density at radius 1 is 1.15 bits per heavy atom. The van der Waals surface area contributed by atoms with E-state index in [1.807, 2.05) is 25.7 Å². The Morgan fingerprint density at radius 2 is 1.81 bits per heavy atom. The minimum absolute atomic E-state index is 0.00463. The maximum Gasteiger partial charge on any atom is 0.417 e. The van der Waals surface area contributed by atoms with Gasteiger partial charge in [-0.15, -0.1) is 0 Å². The zero-order chi connectivity index (χ0) is 19.8. The Bertz CT molecular complexity index is 795. The van der Waals surface area contributed by atoms with Crippen molar-refractivity contribution in [1.29, 1.82) is 0 Å². The highest BCUT2D eigenvalue weighted by atomic mass is 35.5. The highest BCUT2D eigenvalue weighted by Gasteiger charge is 2.32. The Hall–Kier alpha value is -1.87. The smallest absolute Gasteiger partial charge is 0.353 e. The fraction of sp³-hybridized carbons (Fsp3) is 0.588. The van der Waals surface area contributed by atoms with Crippen LogP contribution in [0.25, 0.3) is 0 Å². The highest BCUT2D eigenvalue weighted by molar-refractivity contribution is 6.33. The molecule has 0 amide bonds. The molecule has 27 heavy (non-hydrogen) atoms. The molecule has 1 saturated heterocycles. The van der Waals surface area contributed by atoms with E-state index < -0.39 is 11.7 Å². The largest absolute Gasteiger partial charge is 0.417 e. The van der Waals surface area contributed by atoms with Gasteiger partial charge in [0.2, 0.25) is 5.89 Å². The summed E-state index contributed by atoms with van der Waals surface area (Å²) in [6.45, 7) is 9.14. The van der Waals surface area contributed by atoms with Gasteiger partial charge in [0, 0.05) is 37.8 Å². The Morgan fingerprint density at radius 3 is 2.33 bits per heavy atom. The van der Waals surface area contributed by atoms with E-state index in [4.69, 9.17) is 16.1 Å². The van der Waals surface area contributed by atoms with Crippen LogP contribution in [0.5, 0.6) is 0 Å². The zero-order valence-corrected chi connectivity index (χ0v) is 16.1. The van der Waals surface area contributed by atoms with Crippen LogP contribution in [0.2, 0.25) is 5.02 Å². The first-order valence-corrected chi connectivity index (χ1v) is 8.95. The third-order valence-corrected chi connectivity index (χ3v) is 4.60. The lowest BCUT2D eigenvalue weighted by Gasteiger charge is -2.35. The van der Waals surface area contributed by atoms with Gasteiger partial charge in [-0.05, 0) is 6.07 Å². The molecule has 0 saturated carbocycles. The minimum atomic E-state index is -4.45. The molecule has 6 nitrogen and oxygen atoms in total. The van der Waals surface area contributed by atoms with Crippen molar-refractivity contribution in [2.24, 2.45) is 0 Å². The Kier molecular flexibility index (Phi) is 5.36. The summed E-state index contributed by atoms with van der Waals surface area (Å²) in [5.41, 5.74) is -1.02. The lowest BCUT2D eigenvalue weighted by atomic mass is 9.96. The molecule has 10 heteroatoms. The average molecular weight is 404 g/mol. The monoisotopic (exact) mass is 403 g/mol. The van der Waals surface area contributed by atoms with Crippen molar-refractivity contribution in [1.82, 2.24) is 20.0 Å². The molecule has 148 valence electrons. The first-order chi connectivity index (χ1) is 12.5. The normalized spacial score (nSPS) is 16.8. The van der Waals surface area contributed by atoms with Gasteiger partial charge in [0.15, 0.2) is 5.82 Å². The molecular formula is C17H21ClF3N5O. The molecular weight excluding hydrogens is 383 g/mol. The molecule has 1 aliphatic rings. The average Bonchev–Trinajstić information content (AvgIpc) is 3.04. The SMILES string of the molecule is CC(C)(C)c1noc(CN2CCN(c3ncc(C(F)(F)F)cc3Cl)CC2)n1. The highest BCUT2D eigenvalue weighted by Crippen LogP contribution is 2.33. The van der Waals surface area contributed by atoms with Gasteiger partial charge < -0.3 is 9.42 Å². The van der Waals surface area contributed by atoms with E-state index in [0.717, 1.165) is 12.3 Å². The number of hydrogen-bond acceptors (Lipinski definition) is 6. The van der Waals surface area contributed by atoms with E-state index >= 15 is 0 Å². The number of anilines is 1. The number of alkyl halides is 3. The summed E-state index contributed by atoms with van der Waals surface area (Å²) in [6, 6.07) is 0.919. The summed E-state index contributed by atoms with van der Waals surface area (Å²) >= 11 is 6.03. The lowest BCUT2D eigenvalue weighted by molar-refractivity contribution is -0.137. The number of aromatic nitrogens is 3. The van der Waals surface area contributed by atoms with Crippen LogP contribution in [-0.2, 0) is 18.1 Å². The van der Waals surface area contributed by atoms with E-state index in [1.54, 1.807) is 0 Å². The van der Waals surface area contributed by atoms with Crippen LogP contribution < -0.4 is 4.90 Å². The Balaban J connectivity index is 1.60. The predicted molar refractivity (Wildman–Crippen MR) is 94.7 cm³/mol. The summed E-state index contributed by atoms with van der Waals surface area (Å²) in [6.07, 6.45) is -3.64. The van der Waals surface area contributed by atoms with Crippen LogP contribution in [0.3, 0.4) is 0 Å². The van der Waals surface area contributed by atoms with Gasteiger partial charge in [-0.2, -0.15) is 18.2 Å². The summed E-state index contributed by atoms with van der Waals surface area (Å²) in [5.74, 6) is 1.59. The standard InChI is InChI=1S/C17H21ClF3N5O/c1-16(2,3)15-23-13(27-24-15)10-25-4-6-26(7-5-25)14-12(18)8-11(9-22-14)17(19,20)21/h8-9H,4-7,10H2,1-3H3. The van der Waals surface area contributed by atoms with Crippen molar-refractivity contribution in [3.63, 3.8) is 0 Å². The van der Waals surface area contributed by atoms with Gasteiger partial charge in [-0.1, -0.05) is 37.5 Å². The second kappa shape index (κ2) is 7.27. The number of nitrogens with zero attached hydrogens (tertiary/aromatic N) is 5. The summed E-state index contributed by atoms with van der Waals surface area (Å²) in [4.78, 5) is 12.4. The first-order valence-electron chi connectivity index (χ1n) is 8.57. The van der Waals surface area contributed by atoms with Gasteiger partial charge in [-0.3, -0.25) is 4.90 Å². The molecule has 0 aliphatic carbocycles. The molecule has 0 bridgehead atoms. The van der Waals surface area contributed by atoms with E-state index in [1.165, 1.54) is 0 Å². The van der Waals surface area contributed by atoms with Crippen LogP contribution in [-0.4, -0.2) is 46.2 Å². The van der Waals surface area contributed by atoms with Crippen molar-refractivity contribution in [3.05, 3.63) is 34.6 Å². The maximum atomic E-state index is 12.7. The van der Waals surface area contributed by atoms with Crippen LogP contribution in [0.4, 0.5) is 19.0 Å². The predicted octanol–water partition coefficient (Wildman–Crippen LogP) is 3.76. The molecule has 0 unspecified atom stereocenters. The molecule has 3 heterocycles. The summed E-state index contributed by atoms with van der Waals surface area (Å²) < 4.78 is 43.5. The quantitative estimate of drug-likeness (QED) is 0.777. The van der Waals surface area contributed by atoms with E-state index in [-0.39, 0.29) is 10.4 Å². The first kappa shape index (κ1) is 19.9. The van der Waals surface area contributed by atoms with Gasteiger partial charge in [0.05, 0.1) is 17.1 Å². The topological polar surface area (TPSA) is 58.3 Å². The molecule has 1 aliphatic heterocycles. The summed E-state index contributed by atoms with van der Waals surface area (Å²) in [5, 5.41) is 4.02. The third-order valence-electron chi connectivity index (χ3n) is 4.32. The molecule has 0 atom stereocenters. The van der Waals surface area contributed by atoms with Crippen molar-refractivity contribution in [3.8, 4) is 0 Å². The van der Waals surface area contributed by atoms with Crippen LogP contribution >= 0.6 is 11.6 Å². The molecule has 0 aromatic carbocycles. The molecule has 0 spiro atoms. The number of pyridine rings is 1. The molecule has 3 rings (SSSR count). The second-order valence-corrected chi connectivity index (χ2v) is 7.96. The van der Waals surface area contributed by atoms with Crippen LogP contribution in [0, 0.1) is 0 Å². The van der Waals surface area contributed by atoms with Crippen molar-refractivity contribution in [2.45, 2.75) is 38.9 Å². The molecule has 0 N–H and O–H groups in total. The van der Waals surface area contributed by atoms with Gasteiger partial charge in [0.25, 0.3) is 0 Å². The van der Waals surface area contributed by atoms with Crippen molar-refractivity contribution >= 4 is 17.4 Å². The van der Waals surface area contributed by atoms with E-state index in [9.17, 15) is 13.2 Å². The fourth-order valence-corrected chi connectivity index (χ4v) is 3.04. The van der Waals surface area contributed by atoms with E-state index in [2.05, 4.69) is 20.0 Å². The van der Waals surface area contributed by atoms with Crippen molar-refractivity contribution < 1.29 is 17.7 Å². The minimum Gasteiger partial charge on any atom is -0.353 e.